The third-order valence-electron chi connectivity index (χ3n) is 3.43. The van der Waals surface area contributed by atoms with Crippen molar-refractivity contribution < 1.29 is 14.6 Å². The smallest absolute Gasteiger partial charge is 0.306 e. The molecular weight excluding hydrogens is 328 g/mol. The Hall–Kier alpha value is -0.520. The fourth-order valence-corrected chi connectivity index (χ4v) is 3.70. The van der Waals surface area contributed by atoms with Crippen molar-refractivity contribution in [2.75, 3.05) is 12.9 Å². The van der Waals surface area contributed by atoms with Crippen molar-refractivity contribution in [3.05, 3.63) is 28.2 Å². The lowest BCUT2D eigenvalue weighted by Gasteiger charge is -2.14. The van der Waals surface area contributed by atoms with Crippen LogP contribution < -0.4 is 0 Å². The van der Waals surface area contributed by atoms with Crippen molar-refractivity contribution >= 4 is 33.7 Å². The van der Waals surface area contributed by atoms with Gasteiger partial charge in [-0.2, -0.15) is 0 Å². The summed E-state index contributed by atoms with van der Waals surface area (Å²) in [5.74, 6) is 0.771. The van der Waals surface area contributed by atoms with Gasteiger partial charge < -0.3 is 9.84 Å². The second-order valence-electron chi connectivity index (χ2n) is 4.95. The Morgan fingerprint density at radius 3 is 2.84 bits per heavy atom. The summed E-state index contributed by atoms with van der Waals surface area (Å²) in [6.45, 7) is 0.0335. The fraction of sp³-hybridized carbons (Fsp3) is 0.500. The highest BCUT2D eigenvalue weighted by Crippen LogP contribution is 2.52. The minimum Gasteiger partial charge on any atom is -0.469 e. The molecule has 1 aromatic rings. The van der Waals surface area contributed by atoms with Crippen LogP contribution in [0.1, 0.15) is 24.8 Å². The molecule has 0 unspecified atom stereocenters. The largest absolute Gasteiger partial charge is 0.469 e. The monoisotopic (exact) mass is 344 g/mol. The predicted octanol–water partition coefficient (Wildman–Crippen LogP) is 3.38. The molecule has 0 aliphatic heterocycles. The molecule has 0 aromatic heterocycles. The Kier molecular flexibility index (Phi) is 4.92. The first-order valence-corrected chi connectivity index (χ1v) is 7.95. The molecule has 0 atom stereocenters. The number of aliphatic hydroxyl groups is 1. The molecule has 19 heavy (non-hydrogen) atoms. The molecule has 0 radical (unpaired) electrons. The van der Waals surface area contributed by atoms with Gasteiger partial charge in [-0.1, -0.05) is 15.9 Å². The molecule has 0 bridgehead atoms. The molecule has 1 aromatic carbocycles. The Labute approximate surface area is 125 Å². The number of hydrogen-bond acceptors (Lipinski definition) is 4. The Bertz CT molecular complexity index is 472. The van der Waals surface area contributed by atoms with Crippen LogP contribution in [0.3, 0.4) is 0 Å². The van der Waals surface area contributed by atoms with Gasteiger partial charge in [0, 0.05) is 15.1 Å². The lowest BCUT2D eigenvalue weighted by atomic mass is 10.1. The summed E-state index contributed by atoms with van der Waals surface area (Å²) in [6, 6.07) is 5.91. The predicted molar refractivity (Wildman–Crippen MR) is 79.1 cm³/mol. The van der Waals surface area contributed by atoms with Crippen LogP contribution in [0.2, 0.25) is 0 Å². The normalized spacial score (nSPS) is 16.2. The summed E-state index contributed by atoms with van der Waals surface area (Å²) in [4.78, 5) is 12.5. The standard InChI is InChI=1S/C14H17BrO3S/c1-18-13(17)7-14(4-5-14)9-19-12-3-2-11(15)6-10(12)8-16/h2-3,6,16H,4-5,7-9H2,1H3. The summed E-state index contributed by atoms with van der Waals surface area (Å²) >= 11 is 5.11. The van der Waals surface area contributed by atoms with Gasteiger partial charge in [0.15, 0.2) is 0 Å². The number of thioether (sulfide) groups is 1. The van der Waals surface area contributed by atoms with Crippen LogP contribution in [0.25, 0.3) is 0 Å². The number of methoxy groups -OCH3 is 1. The first-order chi connectivity index (χ1) is 9.08. The van der Waals surface area contributed by atoms with Gasteiger partial charge in [-0.05, 0) is 42.0 Å². The quantitative estimate of drug-likeness (QED) is 0.634. The summed E-state index contributed by atoms with van der Waals surface area (Å²) in [5.41, 5.74) is 1.03. The van der Waals surface area contributed by atoms with Gasteiger partial charge in [-0.25, -0.2) is 0 Å². The van der Waals surface area contributed by atoms with E-state index in [9.17, 15) is 9.90 Å². The molecule has 1 aliphatic rings. The van der Waals surface area contributed by atoms with Crippen LogP contribution >= 0.6 is 27.7 Å². The highest BCUT2D eigenvalue weighted by molar-refractivity contribution is 9.10. The number of esters is 1. The third-order valence-corrected chi connectivity index (χ3v) is 5.39. The molecule has 1 aliphatic carbocycles. The summed E-state index contributed by atoms with van der Waals surface area (Å²) in [7, 11) is 1.43. The number of benzene rings is 1. The molecule has 0 amide bonds. The van der Waals surface area contributed by atoms with E-state index in [1.807, 2.05) is 18.2 Å². The first kappa shape index (κ1) is 14.9. The van der Waals surface area contributed by atoms with Crippen molar-refractivity contribution in [3.63, 3.8) is 0 Å². The summed E-state index contributed by atoms with van der Waals surface area (Å²) < 4.78 is 5.71. The lowest BCUT2D eigenvalue weighted by Crippen LogP contribution is -2.13. The van der Waals surface area contributed by atoms with Gasteiger partial charge in [-0.15, -0.1) is 11.8 Å². The highest BCUT2D eigenvalue weighted by Gasteiger charge is 2.44. The summed E-state index contributed by atoms with van der Waals surface area (Å²) in [5, 5.41) is 9.36. The molecule has 3 nitrogen and oxygen atoms in total. The molecule has 2 rings (SSSR count). The van der Waals surface area contributed by atoms with Crippen molar-refractivity contribution in [1.82, 2.24) is 0 Å². The molecule has 104 valence electrons. The van der Waals surface area contributed by atoms with E-state index in [1.54, 1.807) is 11.8 Å². The average Bonchev–Trinajstić information content (AvgIpc) is 3.17. The first-order valence-electron chi connectivity index (χ1n) is 6.17. The fourth-order valence-electron chi connectivity index (χ4n) is 1.97. The van der Waals surface area contributed by atoms with Gasteiger partial charge in [0.05, 0.1) is 20.1 Å². The van der Waals surface area contributed by atoms with Crippen molar-refractivity contribution in [1.29, 1.82) is 0 Å². The van der Waals surface area contributed by atoms with Crippen molar-refractivity contribution in [2.24, 2.45) is 5.41 Å². The lowest BCUT2D eigenvalue weighted by molar-refractivity contribution is -0.141. The molecule has 1 fully saturated rings. The van der Waals surface area contributed by atoms with Gasteiger partial charge in [0.25, 0.3) is 0 Å². The maximum absolute atomic E-state index is 11.4. The van der Waals surface area contributed by atoms with Crippen LogP contribution in [-0.2, 0) is 16.1 Å². The maximum Gasteiger partial charge on any atom is 0.306 e. The number of halogens is 1. The van der Waals surface area contributed by atoms with Gasteiger partial charge in [-0.3, -0.25) is 4.79 Å². The van der Waals surface area contributed by atoms with Crippen molar-refractivity contribution in [3.8, 4) is 0 Å². The van der Waals surface area contributed by atoms with E-state index in [4.69, 9.17) is 4.74 Å². The van der Waals surface area contributed by atoms with Crippen LogP contribution in [0.5, 0.6) is 0 Å². The second kappa shape index (κ2) is 6.29. The molecular formula is C14H17BrO3S. The van der Waals surface area contributed by atoms with E-state index in [-0.39, 0.29) is 18.0 Å². The molecule has 1 saturated carbocycles. The van der Waals surface area contributed by atoms with Gasteiger partial charge in [0.2, 0.25) is 0 Å². The molecule has 0 heterocycles. The Morgan fingerprint density at radius 1 is 1.53 bits per heavy atom. The minimum absolute atomic E-state index is 0.0335. The Balaban J connectivity index is 1.97. The zero-order valence-corrected chi connectivity index (χ0v) is 13.2. The topological polar surface area (TPSA) is 46.5 Å². The zero-order chi connectivity index (χ0) is 13.9. The van der Waals surface area contributed by atoms with Crippen LogP contribution in [0.15, 0.2) is 27.6 Å². The maximum atomic E-state index is 11.4. The van der Waals surface area contributed by atoms with Crippen LogP contribution in [0, 0.1) is 5.41 Å². The van der Waals surface area contributed by atoms with E-state index in [0.717, 1.165) is 33.5 Å². The molecule has 1 N–H and O–H groups in total. The highest BCUT2D eigenvalue weighted by atomic mass is 79.9. The molecule has 5 heteroatoms. The van der Waals surface area contributed by atoms with E-state index in [2.05, 4.69) is 15.9 Å². The van der Waals surface area contributed by atoms with E-state index in [1.165, 1.54) is 7.11 Å². The molecule has 0 saturated heterocycles. The van der Waals surface area contributed by atoms with Gasteiger partial charge in [0.1, 0.15) is 0 Å². The number of rotatable bonds is 6. The van der Waals surface area contributed by atoms with Gasteiger partial charge >= 0.3 is 5.97 Å². The van der Waals surface area contributed by atoms with Crippen LogP contribution in [0.4, 0.5) is 0 Å². The minimum atomic E-state index is -0.128. The molecule has 0 spiro atoms. The number of carbonyl (C=O) groups excluding carboxylic acids is 1. The Morgan fingerprint density at radius 2 is 2.26 bits per heavy atom. The SMILES string of the molecule is COC(=O)CC1(CSc2ccc(Br)cc2CO)CC1. The zero-order valence-electron chi connectivity index (χ0n) is 10.8. The van der Waals surface area contributed by atoms with E-state index < -0.39 is 0 Å². The summed E-state index contributed by atoms with van der Waals surface area (Å²) in [6.07, 6.45) is 2.67. The number of hydrogen-bond donors (Lipinski definition) is 1. The van der Waals surface area contributed by atoms with E-state index in [0.29, 0.717) is 6.42 Å². The third kappa shape index (κ3) is 3.97. The number of aliphatic hydroxyl groups excluding tert-OH is 1. The number of ether oxygens (including phenoxy) is 1. The second-order valence-corrected chi connectivity index (χ2v) is 6.88. The number of carbonyl (C=O) groups is 1. The van der Waals surface area contributed by atoms with Crippen LogP contribution in [-0.4, -0.2) is 23.9 Å². The van der Waals surface area contributed by atoms with E-state index >= 15 is 0 Å². The van der Waals surface area contributed by atoms with Crippen molar-refractivity contribution in [2.45, 2.75) is 30.8 Å². The average molecular weight is 345 g/mol.